The molecule has 1 heterocycles. The average Bonchev–Trinajstić information content (AvgIpc) is 2.74. The summed E-state index contributed by atoms with van der Waals surface area (Å²) in [6.45, 7) is 3.93. The Morgan fingerprint density at radius 3 is 2.52 bits per heavy atom. The van der Waals surface area contributed by atoms with Crippen molar-refractivity contribution in [2.45, 2.75) is 32.0 Å². The lowest BCUT2D eigenvalue weighted by atomic mass is 10.0. The molecule has 158 valence electrons. The molecule has 2 N–H and O–H groups in total. The van der Waals surface area contributed by atoms with Crippen molar-refractivity contribution in [3.63, 3.8) is 0 Å². The molecule has 0 radical (unpaired) electrons. The van der Waals surface area contributed by atoms with Crippen LogP contribution in [0.4, 0.5) is 0 Å². The molecule has 2 aromatic rings. The minimum Gasteiger partial charge on any atom is -0.497 e. The third kappa shape index (κ3) is 7.79. The van der Waals surface area contributed by atoms with E-state index in [1.54, 1.807) is 7.11 Å². The Morgan fingerprint density at radius 1 is 1.14 bits per heavy atom. The highest BCUT2D eigenvalue weighted by atomic mass is 127. The van der Waals surface area contributed by atoms with E-state index in [0.29, 0.717) is 6.04 Å². The van der Waals surface area contributed by atoms with Crippen LogP contribution in [0, 0.1) is 0 Å². The van der Waals surface area contributed by atoms with E-state index in [-0.39, 0.29) is 24.0 Å². The molecule has 7 heteroatoms. The summed E-state index contributed by atoms with van der Waals surface area (Å²) in [4.78, 5) is 6.90. The highest BCUT2D eigenvalue weighted by molar-refractivity contribution is 14.0. The van der Waals surface area contributed by atoms with Gasteiger partial charge in [-0.15, -0.1) is 24.0 Å². The molecule has 0 bridgehead atoms. The first-order chi connectivity index (χ1) is 13.7. The van der Waals surface area contributed by atoms with Crippen molar-refractivity contribution in [2.75, 3.05) is 27.2 Å². The van der Waals surface area contributed by atoms with Crippen LogP contribution < -0.4 is 15.4 Å². The number of hydrogen-bond donors (Lipinski definition) is 2. The molecule has 1 saturated heterocycles. The number of methoxy groups -OCH3 is 1. The summed E-state index contributed by atoms with van der Waals surface area (Å²) in [7, 11) is 3.51. The SMILES string of the molecule is CN=C(NCc1cccc(OC)c1)NC1CCN(Cc2ccc(Br)cc2)CC1.I. The molecule has 0 spiro atoms. The van der Waals surface area contributed by atoms with Gasteiger partial charge in [-0.1, -0.05) is 40.2 Å². The predicted molar refractivity (Wildman–Crippen MR) is 134 cm³/mol. The van der Waals surface area contributed by atoms with Crippen molar-refractivity contribution in [1.29, 1.82) is 0 Å². The summed E-state index contributed by atoms with van der Waals surface area (Å²) in [5, 5.41) is 6.98. The standard InChI is InChI=1S/C22H29BrN4O.HI/c1-24-22(25-15-18-4-3-5-21(14-18)28-2)26-20-10-12-27(13-11-20)16-17-6-8-19(23)9-7-17;/h3-9,14,20H,10-13,15-16H2,1-2H3,(H2,24,25,26);1H. The van der Waals surface area contributed by atoms with Crippen LogP contribution in [0.25, 0.3) is 0 Å². The number of halogens is 2. The average molecular weight is 573 g/mol. The molecule has 29 heavy (non-hydrogen) atoms. The molecular weight excluding hydrogens is 543 g/mol. The number of nitrogens with one attached hydrogen (secondary N) is 2. The van der Waals surface area contributed by atoms with E-state index in [1.165, 1.54) is 11.1 Å². The number of guanidine groups is 1. The van der Waals surface area contributed by atoms with Crippen LogP contribution in [-0.2, 0) is 13.1 Å². The van der Waals surface area contributed by atoms with E-state index >= 15 is 0 Å². The normalized spacial score (nSPS) is 15.5. The minimum absolute atomic E-state index is 0. The molecule has 5 nitrogen and oxygen atoms in total. The van der Waals surface area contributed by atoms with Gasteiger partial charge in [0.1, 0.15) is 5.75 Å². The monoisotopic (exact) mass is 572 g/mol. The number of benzene rings is 2. The smallest absolute Gasteiger partial charge is 0.191 e. The van der Waals surface area contributed by atoms with E-state index in [2.05, 4.69) is 66.8 Å². The molecule has 0 unspecified atom stereocenters. The Kier molecular flexibility index (Phi) is 10.2. The van der Waals surface area contributed by atoms with Crippen molar-refractivity contribution >= 4 is 45.9 Å². The predicted octanol–water partition coefficient (Wildman–Crippen LogP) is 4.41. The van der Waals surface area contributed by atoms with Crippen molar-refractivity contribution in [2.24, 2.45) is 4.99 Å². The Bertz CT molecular complexity index is 777. The van der Waals surface area contributed by atoms with Crippen LogP contribution >= 0.6 is 39.9 Å². The van der Waals surface area contributed by atoms with Gasteiger partial charge < -0.3 is 15.4 Å². The Balaban J connectivity index is 0.00000300. The van der Waals surface area contributed by atoms with Crippen molar-refractivity contribution in [3.05, 3.63) is 64.1 Å². The Labute approximate surface area is 199 Å². The zero-order valence-electron chi connectivity index (χ0n) is 17.0. The van der Waals surface area contributed by atoms with Crippen LogP contribution in [0.3, 0.4) is 0 Å². The van der Waals surface area contributed by atoms with E-state index in [0.717, 1.165) is 55.2 Å². The molecule has 0 aliphatic carbocycles. The molecule has 1 aliphatic rings. The third-order valence-corrected chi connectivity index (χ3v) is 5.59. The second kappa shape index (κ2) is 12.4. The lowest BCUT2D eigenvalue weighted by molar-refractivity contribution is 0.198. The zero-order chi connectivity index (χ0) is 19.8. The number of nitrogens with zero attached hydrogens (tertiary/aromatic N) is 2. The third-order valence-electron chi connectivity index (χ3n) is 5.07. The molecule has 0 saturated carbocycles. The molecule has 0 amide bonds. The maximum absolute atomic E-state index is 5.29. The van der Waals surface area contributed by atoms with Crippen LogP contribution in [0.15, 0.2) is 58.0 Å². The van der Waals surface area contributed by atoms with Gasteiger partial charge in [-0.05, 0) is 48.2 Å². The molecule has 1 aliphatic heterocycles. The lowest BCUT2D eigenvalue weighted by Gasteiger charge is -2.33. The summed E-state index contributed by atoms with van der Waals surface area (Å²) in [5.74, 6) is 1.73. The van der Waals surface area contributed by atoms with Gasteiger partial charge in [-0.25, -0.2) is 0 Å². The quantitative estimate of drug-likeness (QED) is 0.306. The van der Waals surface area contributed by atoms with Gasteiger partial charge in [0, 0.05) is 43.7 Å². The summed E-state index contributed by atoms with van der Waals surface area (Å²) in [6, 6.07) is 17.2. The van der Waals surface area contributed by atoms with E-state index in [4.69, 9.17) is 4.74 Å². The van der Waals surface area contributed by atoms with Gasteiger partial charge in [0.25, 0.3) is 0 Å². The van der Waals surface area contributed by atoms with Gasteiger partial charge in [0.15, 0.2) is 5.96 Å². The van der Waals surface area contributed by atoms with Gasteiger partial charge >= 0.3 is 0 Å². The van der Waals surface area contributed by atoms with Crippen LogP contribution in [0.5, 0.6) is 5.75 Å². The van der Waals surface area contributed by atoms with Crippen LogP contribution in [0.2, 0.25) is 0 Å². The second-order valence-corrected chi connectivity index (χ2v) is 8.01. The second-order valence-electron chi connectivity index (χ2n) is 7.10. The van der Waals surface area contributed by atoms with Crippen LogP contribution in [0.1, 0.15) is 24.0 Å². The maximum Gasteiger partial charge on any atom is 0.191 e. The van der Waals surface area contributed by atoms with Gasteiger partial charge in [-0.2, -0.15) is 0 Å². The summed E-state index contributed by atoms with van der Waals surface area (Å²) in [5.41, 5.74) is 2.54. The number of ether oxygens (including phenoxy) is 1. The first kappa shape index (κ1) is 24.0. The summed E-state index contributed by atoms with van der Waals surface area (Å²) < 4.78 is 6.42. The molecule has 0 aromatic heterocycles. The summed E-state index contributed by atoms with van der Waals surface area (Å²) in [6.07, 6.45) is 2.24. The zero-order valence-corrected chi connectivity index (χ0v) is 20.9. The lowest BCUT2D eigenvalue weighted by Crippen LogP contribution is -2.48. The first-order valence-electron chi connectivity index (χ1n) is 9.73. The number of aliphatic imine (C=N–C) groups is 1. The summed E-state index contributed by atoms with van der Waals surface area (Å²) >= 11 is 3.50. The first-order valence-corrected chi connectivity index (χ1v) is 10.5. The highest BCUT2D eigenvalue weighted by Gasteiger charge is 2.20. The van der Waals surface area contributed by atoms with Crippen LogP contribution in [-0.4, -0.2) is 44.1 Å². The fourth-order valence-electron chi connectivity index (χ4n) is 3.44. The van der Waals surface area contributed by atoms with Gasteiger partial charge in [0.2, 0.25) is 0 Å². The minimum atomic E-state index is 0. The van der Waals surface area contributed by atoms with Crippen molar-refractivity contribution < 1.29 is 4.74 Å². The maximum atomic E-state index is 5.29. The molecule has 0 atom stereocenters. The number of piperidine rings is 1. The van der Waals surface area contributed by atoms with Crippen molar-refractivity contribution in [1.82, 2.24) is 15.5 Å². The van der Waals surface area contributed by atoms with Gasteiger partial charge in [0.05, 0.1) is 7.11 Å². The number of hydrogen-bond acceptors (Lipinski definition) is 3. The number of rotatable bonds is 6. The number of likely N-dealkylation sites (tertiary alicyclic amines) is 1. The molecule has 1 fully saturated rings. The highest BCUT2D eigenvalue weighted by Crippen LogP contribution is 2.16. The fraction of sp³-hybridized carbons (Fsp3) is 0.409. The molecule has 3 rings (SSSR count). The van der Waals surface area contributed by atoms with E-state index in [1.807, 2.05) is 25.2 Å². The Hall–Kier alpha value is -1.32. The molecule has 2 aromatic carbocycles. The van der Waals surface area contributed by atoms with E-state index in [9.17, 15) is 0 Å². The van der Waals surface area contributed by atoms with Crippen molar-refractivity contribution in [3.8, 4) is 5.75 Å². The molecular formula is C22H30BrIN4O. The topological polar surface area (TPSA) is 48.9 Å². The fourth-order valence-corrected chi connectivity index (χ4v) is 3.70. The van der Waals surface area contributed by atoms with Gasteiger partial charge in [-0.3, -0.25) is 9.89 Å². The van der Waals surface area contributed by atoms with E-state index < -0.39 is 0 Å². The largest absolute Gasteiger partial charge is 0.497 e. The Morgan fingerprint density at radius 2 is 1.86 bits per heavy atom.